The first kappa shape index (κ1) is 16.5. The summed E-state index contributed by atoms with van der Waals surface area (Å²) in [7, 11) is 0. The van der Waals surface area contributed by atoms with Gasteiger partial charge in [-0.05, 0) is 17.7 Å². The third-order valence-electron chi connectivity index (χ3n) is 4.39. The van der Waals surface area contributed by atoms with Crippen LogP contribution in [0.25, 0.3) is 10.9 Å². The highest BCUT2D eigenvalue weighted by atomic mass is 19.4. The van der Waals surface area contributed by atoms with Crippen molar-refractivity contribution in [2.24, 2.45) is 5.10 Å². The minimum atomic E-state index is -4.90. The van der Waals surface area contributed by atoms with E-state index < -0.39 is 18.3 Å². The number of aromatic nitrogens is 1. The zero-order chi connectivity index (χ0) is 18.4. The fraction of sp³-hybridized carbons (Fsp3) is 0.158. The molecular formula is C19H14F3N3O. The normalized spacial score (nSPS) is 20.5. The van der Waals surface area contributed by atoms with Crippen LogP contribution < -0.4 is 5.01 Å². The largest absolute Gasteiger partial charge is 0.438 e. The van der Waals surface area contributed by atoms with E-state index in [1.54, 1.807) is 54.6 Å². The van der Waals surface area contributed by atoms with Crippen molar-refractivity contribution in [2.75, 3.05) is 5.01 Å². The molecule has 2 heterocycles. The summed E-state index contributed by atoms with van der Waals surface area (Å²) in [6, 6.07) is 16.8. The molecule has 7 heteroatoms. The summed E-state index contributed by atoms with van der Waals surface area (Å²) in [5.74, 6) is 0. The Morgan fingerprint density at radius 1 is 0.962 bits per heavy atom. The van der Waals surface area contributed by atoms with Crippen LogP contribution in [0.1, 0.15) is 12.0 Å². The Bertz CT molecular complexity index is 983. The highest BCUT2D eigenvalue weighted by Crippen LogP contribution is 2.45. The number of anilines is 1. The maximum absolute atomic E-state index is 13.8. The van der Waals surface area contributed by atoms with Gasteiger partial charge in [-0.1, -0.05) is 48.5 Å². The Labute approximate surface area is 147 Å². The highest BCUT2D eigenvalue weighted by molar-refractivity contribution is 6.04. The maximum atomic E-state index is 13.8. The number of hydrazone groups is 1. The van der Waals surface area contributed by atoms with E-state index in [1.165, 1.54) is 12.3 Å². The zero-order valence-electron chi connectivity index (χ0n) is 13.5. The number of aliphatic hydroxyl groups is 1. The molecule has 0 spiro atoms. The molecule has 4 nitrogen and oxygen atoms in total. The number of benzene rings is 2. The molecule has 0 bridgehead atoms. The summed E-state index contributed by atoms with van der Waals surface area (Å²) in [4.78, 5) is 4.18. The summed E-state index contributed by atoms with van der Waals surface area (Å²) in [5, 5.41) is 16.0. The van der Waals surface area contributed by atoms with Crippen molar-refractivity contribution in [1.29, 1.82) is 0 Å². The quantitative estimate of drug-likeness (QED) is 0.751. The lowest BCUT2D eigenvalue weighted by molar-refractivity contribution is -0.254. The number of nitrogens with zero attached hydrogens (tertiary/aromatic N) is 3. The van der Waals surface area contributed by atoms with Gasteiger partial charge in [0.15, 0.2) is 0 Å². The van der Waals surface area contributed by atoms with Gasteiger partial charge in [0.25, 0.3) is 5.72 Å². The lowest BCUT2D eigenvalue weighted by atomic mass is 10.0. The molecular weight excluding hydrogens is 343 g/mol. The summed E-state index contributed by atoms with van der Waals surface area (Å²) in [6.07, 6.45) is -4.07. The smallest absolute Gasteiger partial charge is 0.362 e. The molecule has 1 aromatic heterocycles. The van der Waals surface area contributed by atoms with Crippen molar-refractivity contribution in [3.05, 3.63) is 72.4 Å². The minimum absolute atomic E-state index is 0.105. The average molecular weight is 357 g/mol. The second-order valence-corrected chi connectivity index (χ2v) is 6.07. The van der Waals surface area contributed by atoms with E-state index in [-0.39, 0.29) is 11.4 Å². The van der Waals surface area contributed by atoms with Crippen molar-refractivity contribution in [1.82, 2.24) is 4.98 Å². The number of para-hydroxylation sites is 1. The highest BCUT2D eigenvalue weighted by Gasteiger charge is 2.62. The van der Waals surface area contributed by atoms with Crippen LogP contribution in [0, 0.1) is 0 Å². The van der Waals surface area contributed by atoms with Gasteiger partial charge in [-0.3, -0.25) is 4.98 Å². The number of pyridine rings is 1. The Morgan fingerprint density at radius 2 is 1.69 bits per heavy atom. The lowest BCUT2D eigenvalue weighted by Crippen LogP contribution is -2.55. The number of rotatable bonds is 2. The van der Waals surface area contributed by atoms with Gasteiger partial charge in [0.1, 0.15) is 0 Å². The van der Waals surface area contributed by atoms with Crippen molar-refractivity contribution in [2.45, 2.75) is 18.3 Å². The first-order valence-corrected chi connectivity index (χ1v) is 7.96. The van der Waals surface area contributed by atoms with Crippen LogP contribution in [0.5, 0.6) is 0 Å². The molecule has 4 rings (SSSR count). The Kier molecular flexibility index (Phi) is 3.69. The average Bonchev–Trinajstić information content (AvgIpc) is 3.01. The van der Waals surface area contributed by atoms with E-state index in [9.17, 15) is 18.3 Å². The van der Waals surface area contributed by atoms with Crippen LogP contribution in [-0.4, -0.2) is 27.7 Å². The van der Waals surface area contributed by atoms with Crippen LogP contribution in [0.15, 0.2) is 72.0 Å². The van der Waals surface area contributed by atoms with Crippen LogP contribution in [-0.2, 0) is 0 Å². The number of alkyl halides is 3. The van der Waals surface area contributed by atoms with Gasteiger partial charge in [0.05, 0.1) is 23.3 Å². The van der Waals surface area contributed by atoms with Gasteiger partial charge >= 0.3 is 6.18 Å². The van der Waals surface area contributed by atoms with Crippen molar-refractivity contribution >= 4 is 22.3 Å². The van der Waals surface area contributed by atoms with Crippen LogP contribution in [0.3, 0.4) is 0 Å². The van der Waals surface area contributed by atoms with Gasteiger partial charge in [0.2, 0.25) is 0 Å². The predicted molar refractivity (Wildman–Crippen MR) is 92.8 cm³/mol. The molecule has 1 aliphatic rings. The van der Waals surface area contributed by atoms with Crippen molar-refractivity contribution in [3.8, 4) is 0 Å². The second-order valence-electron chi connectivity index (χ2n) is 6.07. The summed E-state index contributed by atoms with van der Waals surface area (Å²) in [5.41, 5.74) is -1.99. The third-order valence-corrected chi connectivity index (χ3v) is 4.39. The molecule has 132 valence electrons. The lowest BCUT2D eigenvalue weighted by Gasteiger charge is -2.34. The molecule has 1 aliphatic heterocycles. The van der Waals surface area contributed by atoms with Crippen LogP contribution in [0.2, 0.25) is 0 Å². The Balaban J connectivity index is 1.91. The summed E-state index contributed by atoms with van der Waals surface area (Å²) in [6.45, 7) is 0. The van der Waals surface area contributed by atoms with E-state index in [1.807, 2.05) is 0 Å². The van der Waals surface area contributed by atoms with Crippen molar-refractivity contribution in [3.63, 3.8) is 0 Å². The molecule has 0 unspecified atom stereocenters. The molecule has 1 atom stereocenters. The fourth-order valence-corrected chi connectivity index (χ4v) is 3.07. The first-order valence-electron chi connectivity index (χ1n) is 7.96. The Morgan fingerprint density at radius 3 is 2.42 bits per heavy atom. The van der Waals surface area contributed by atoms with E-state index in [2.05, 4.69) is 10.1 Å². The van der Waals surface area contributed by atoms with Gasteiger partial charge in [-0.15, -0.1) is 0 Å². The molecule has 0 saturated carbocycles. The topological polar surface area (TPSA) is 48.7 Å². The zero-order valence-corrected chi connectivity index (χ0v) is 13.5. The predicted octanol–water partition coefficient (Wildman–Crippen LogP) is 4.10. The summed E-state index contributed by atoms with van der Waals surface area (Å²) >= 11 is 0. The van der Waals surface area contributed by atoms with E-state index >= 15 is 0 Å². The molecule has 3 aromatic rings. The summed E-state index contributed by atoms with van der Waals surface area (Å²) < 4.78 is 41.4. The van der Waals surface area contributed by atoms with Gasteiger partial charge in [0, 0.05) is 11.6 Å². The maximum Gasteiger partial charge on any atom is 0.438 e. The van der Waals surface area contributed by atoms with Gasteiger partial charge in [-0.25, -0.2) is 5.01 Å². The number of halogens is 3. The van der Waals surface area contributed by atoms with Crippen molar-refractivity contribution < 1.29 is 18.3 Å². The fourth-order valence-electron chi connectivity index (χ4n) is 3.07. The third kappa shape index (κ3) is 2.52. The van der Waals surface area contributed by atoms with Crippen LogP contribution in [0.4, 0.5) is 18.9 Å². The number of fused-ring (bicyclic) bond motifs is 1. The molecule has 0 aliphatic carbocycles. The number of hydrogen-bond acceptors (Lipinski definition) is 4. The van der Waals surface area contributed by atoms with Crippen LogP contribution >= 0.6 is 0 Å². The molecule has 0 fully saturated rings. The standard InChI is InChI=1S/C19H14F3N3O/c20-19(21,22)18(26)12-15(13-6-2-1-3-7-13)24-25(18)16-10-4-8-14-9-5-11-23-17(14)16/h1-11,26H,12H2/t18-/m0/s1. The number of hydrogen-bond donors (Lipinski definition) is 1. The van der Waals surface area contributed by atoms with E-state index in [4.69, 9.17) is 0 Å². The first-order chi connectivity index (χ1) is 12.4. The van der Waals surface area contributed by atoms with Gasteiger partial charge < -0.3 is 5.11 Å². The molecule has 1 N–H and O–H groups in total. The SMILES string of the molecule is O[C@]1(C(F)(F)F)CC(c2ccccc2)=NN1c1cccc2cccnc12. The van der Waals surface area contributed by atoms with E-state index in [0.29, 0.717) is 21.5 Å². The minimum Gasteiger partial charge on any atom is -0.362 e. The molecule has 26 heavy (non-hydrogen) atoms. The second kappa shape index (κ2) is 5.81. The molecule has 2 aromatic carbocycles. The van der Waals surface area contributed by atoms with E-state index in [0.717, 1.165) is 0 Å². The monoisotopic (exact) mass is 357 g/mol. The van der Waals surface area contributed by atoms with Gasteiger partial charge in [-0.2, -0.15) is 18.3 Å². The Hall–Kier alpha value is -2.93. The molecule has 0 radical (unpaired) electrons. The molecule has 0 amide bonds. The molecule has 0 saturated heterocycles.